The molecule has 0 bridgehead atoms. The molecule has 0 atom stereocenters. The van der Waals surface area contributed by atoms with Gasteiger partial charge in [-0.05, 0) is 42.5 Å². The fourth-order valence-corrected chi connectivity index (χ4v) is 4.19. The smallest absolute Gasteiger partial charge is 0.191 e. The Kier molecular flexibility index (Phi) is 9.31. The minimum absolute atomic E-state index is 0. The standard InChI is InChI=1S/C25H33FN4O.HI/c1-2-27-24(29-19-25(10-11-25)22-8-3-4-9-23(22)26)28-17-20-6-5-7-21(16-20)18-30-12-14-31-15-13-30;/h3-9,16H,2,10-15,17-19H2,1H3,(H2,27,28,29);1H. The summed E-state index contributed by atoms with van der Waals surface area (Å²) in [6.07, 6.45) is 2.01. The maximum absolute atomic E-state index is 14.3. The molecule has 0 radical (unpaired) electrons. The number of benzene rings is 2. The van der Waals surface area contributed by atoms with Gasteiger partial charge in [0.25, 0.3) is 0 Å². The van der Waals surface area contributed by atoms with Crippen LogP contribution in [-0.2, 0) is 23.2 Å². The lowest BCUT2D eigenvalue weighted by Gasteiger charge is -2.26. The molecule has 0 amide bonds. The first kappa shape index (κ1) is 24.9. The molecule has 32 heavy (non-hydrogen) atoms. The molecule has 0 unspecified atom stereocenters. The van der Waals surface area contributed by atoms with E-state index < -0.39 is 0 Å². The fraction of sp³-hybridized carbons (Fsp3) is 0.480. The highest BCUT2D eigenvalue weighted by Gasteiger charge is 2.45. The van der Waals surface area contributed by atoms with Crippen molar-refractivity contribution in [1.29, 1.82) is 0 Å². The van der Waals surface area contributed by atoms with E-state index in [4.69, 9.17) is 9.73 Å². The van der Waals surface area contributed by atoms with Crippen molar-refractivity contribution in [2.45, 2.75) is 38.3 Å². The summed E-state index contributed by atoms with van der Waals surface area (Å²) in [5, 5.41) is 6.77. The number of guanidine groups is 1. The molecule has 2 fully saturated rings. The lowest BCUT2D eigenvalue weighted by Crippen LogP contribution is -2.41. The van der Waals surface area contributed by atoms with Crippen LogP contribution in [0.4, 0.5) is 4.39 Å². The summed E-state index contributed by atoms with van der Waals surface area (Å²) in [4.78, 5) is 7.21. The number of hydrogen-bond donors (Lipinski definition) is 2. The van der Waals surface area contributed by atoms with E-state index in [-0.39, 0.29) is 35.2 Å². The van der Waals surface area contributed by atoms with E-state index in [1.165, 1.54) is 11.1 Å². The van der Waals surface area contributed by atoms with Crippen LogP contribution in [0.1, 0.15) is 36.5 Å². The third kappa shape index (κ3) is 6.65. The highest BCUT2D eigenvalue weighted by atomic mass is 127. The lowest BCUT2D eigenvalue weighted by molar-refractivity contribution is 0.0342. The fourth-order valence-electron chi connectivity index (χ4n) is 4.19. The number of rotatable bonds is 8. The Labute approximate surface area is 207 Å². The Morgan fingerprint density at radius 2 is 1.81 bits per heavy atom. The van der Waals surface area contributed by atoms with Gasteiger partial charge in [-0.2, -0.15) is 0 Å². The van der Waals surface area contributed by atoms with Crippen LogP contribution >= 0.6 is 24.0 Å². The minimum atomic E-state index is -0.111. The zero-order valence-electron chi connectivity index (χ0n) is 18.8. The Balaban J connectivity index is 0.00000289. The van der Waals surface area contributed by atoms with Crippen molar-refractivity contribution in [1.82, 2.24) is 15.5 Å². The molecule has 5 nitrogen and oxygen atoms in total. The van der Waals surface area contributed by atoms with Crippen molar-refractivity contribution in [2.24, 2.45) is 4.99 Å². The first-order valence-corrected chi connectivity index (χ1v) is 11.3. The zero-order chi connectivity index (χ0) is 21.5. The number of halogens is 2. The van der Waals surface area contributed by atoms with Crippen molar-refractivity contribution in [3.63, 3.8) is 0 Å². The summed E-state index contributed by atoms with van der Waals surface area (Å²) >= 11 is 0. The average Bonchev–Trinajstić information content (AvgIpc) is 3.58. The van der Waals surface area contributed by atoms with Crippen LogP contribution in [0.2, 0.25) is 0 Å². The normalized spacial score (nSPS) is 18.0. The van der Waals surface area contributed by atoms with E-state index in [9.17, 15) is 4.39 Å². The van der Waals surface area contributed by atoms with Crippen LogP contribution in [-0.4, -0.2) is 50.3 Å². The average molecular weight is 552 g/mol. The number of nitrogens with zero attached hydrogens (tertiary/aromatic N) is 2. The van der Waals surface area contributed by atoms with Gasteiger partial charge in [0.2, 0.25) is 0 Å². The molecule has 4 rings (SSSR count). The molecular weight excluding hydrogens is 518 g/mol. The van der Waals surface area contributed by atoms with E-state index >= 15 is 0 Å². The van der Waals surface area contributed by atoms with E-state index in [1.807, 2.05) is 12.1 Å². The van der Waals surface area contributed by atoms with Gasteiger partial charge in [-0.25, -0.2) is 9.38 Å². The third-order valence-electron chi connectivity index (χ3n) is 6.16. The van der Waals surface area contributed by atoms with Crippen LogP contribution in [0.5, 0.6) is 0 Å². The Morgan fingerprint density at radius 1 is 1.06 bits per heavy atom. The number of aliphatic imine (C=N–C) groups is 1. The topological polar surface area (TPSA) is 48.9 Å². The van der Waals surface area contributed by atoms with Gasteiger partial charge in [0.05, 0.1) is 19.8 Å². The number of hydrogen-bond acceptors (Lipinski definition) is 3. The van der Waals surface area contributed by atoms with Gasteiger partial charge in [-0.3, -0.25) is 4.90 Å². The van der Waals surface area contributed by atoms with Crippen LogP contribution in [0.15, 0.2) is 53.5 Å². The predicted molar refractivity (Wildman–Crippen MR) is 138 cm³/mol. The van der Waals surface area contributed by atoms with Crippen molar-refractivity contribution in [3.8, 4) is 0 Å². The molecule has 1 saturated heterocycles. The monoisotopic (exact) mass is 552 g/mol. The first-order chi connectivity index (χ1) is 15.2. The second-order valence-corrected chi connectivity index (χ2v) is 8.52. The van der Waals surface area contributed by atoms with E-state index in [1.54, 1.807) is 12.1 Å². The molecule has 1 heterocycles. The van der Waals surface area contributed by atoms with Gasteiger partial charge in [0, 0.05) is 38.1 Å². The van der Waals surface area contributed by atoms with Gasteiger partial charge in [0.1, 0.15) is 5.82 Å². The van der Waals surface area contributed by atoms with Crippen LogP contribution < -0.4 is 10.6 Å². The zero-order valence-corrected chi connectivity index (χ0v) is 21.1. The van der Waals surface area contributed by atoms with Gasteiger partial charge in [-0.1, -0.05) is 42.5 Å². The van der Waals surface area contributed by atoms with Crippen molar-refractivity contribution >= 4 is 29.9 Å². The Morgan fingerprint density at radius 3 is 2.53 bits per heavy atom. The predicted octanol–water partition coefficient (Wildman–Crippen LogP) is 4.06. The molecule has 1 aliphatic heterocycles. The molecule has 2 aliphatic rings. The lowest BCUT2D eigenvalue weighted by atomic mass is 9.95. The molecule has 2 aromatic rings. The number of ether oxygens (including phenoxy) is 1. The highest BCUT2D eigenvalue weighted by Crippen LogP contribution is 2.48. The van der Waals surface area contributed by atoms with Gasteiger partial charge < -0.3 is 15.4 Å². The van der Waals surface area contributed by atoms with E-state index in [0.717, 1.165) is 63.8 Å². The second-order valence-electron chi connectivity index (χ2n) is 8.52. The number of nitrogens with one attached hydrogen (secondary N) is 2. The first-order valence-electron chi connectivity index (χ1n) is 11.3. The Hall–Kier alpha value is -1.71. The number of morpholine rings is 1. The molecule has 0 aromatic heterocycles. The molecular formula is C25H34FIN4O. The van der Waals surface area contributed by atoms with Crippen LogP contribution in [0.3, 0.4) is 0 Å². The molecule has 174 valence electrons. The van der Waals surface area contributed by atoms with Gasteiger partial charge >= 0.3 is 0 Å². The van der Waals surface area contributed by atoms with Gasteiger partial charge in [-0.15, -0.1) is 24.0 Å². The summed E-state index contributed by atoms with van der Waals surface area (Å²) in [5.74, 6) is 0.671. The SMILES string of the molecule is CCNC(=NCc1cccc(CN2CCOCC2)c1)NCC1(c2ccccc2F)CC1.I. The van der Waals surface area contributed by atoms with Crippen molar-refractivity contribution in [3.05, 3.63) is 71.0 Å². The van der Waals surface area contributed by atoms with Crippen molar-refractivity contribution in [2.75, 3.05) is 39.4 Å². The van der Waals surface area contributed by atoms with Crippen molar-refractivity contribution < 1.29 is 9.13 Å². The Bertz CT molecular complexity index is 897. The minimum Gasteiger partial charge on any atom is -0.379 e. The van der Waals surface area contributed by atoms with E-state index in [2.05, 4.69) is 46.7 Å². The summed E-state index contributed by atoms with van der Waals surface area (Å²) in [6.45, 7) is 8.70. The molecule has 1 saturated carbocycles. The molecule has 2 aromatic carbocycles. The quantitative estimate of drug-likeness (QED) is 0.295. The third-order valence-corrected chi connectivity index (χ3v) is 6.16. The summed E-state index contributed by atoms with van der Waals surface area (Å²) in [5.41, 5.74) is 3.20. The summed E-state index contributed by atoms with van der Waals surface area (Å²) in [7, 11) is 0. The largest absolute Gasteiger partial charge is 0.379 e. The van der Waals surface area contributed by atoms with E-state index in [0.29, 0.717) is 13.1 Å². The van der Waals surface area contributed by atoms with Crippen LogP contribution in [0, 0.1) is 5.82 Å². The molecule has 7 heteroatoms. The second kappa shape index (κ2) is 12.0. The highest BCUT2D eigenvalue weighted by molar-refractivity contribution is 14.0. The molecule has 1 aliphatic carbocycles. The summed E-state index contributed by atoms with van der Waals surface area (Å²) in [6, 6.07) is 15.8. The summed E-state index contributed by atoms with van der Waals surface area (Å²) < 4.78 is 19.7. The maximum Gasteiger partial charge on any atom is 0.191 e. The molecule has 2 N–H and O–H groups in total. The van der Waals surface area contributed by atoms with Crippen LogP contribution in [0.25, 0.3) is 0 Å². The maximum atomic E-state index is 14.3. The molecule has 0 spiro atoms. The van der Waals surface area contributed by atoms with Gasteiger partial charge in [0.15, 0.2) is 5.96 Å².